The molecule has 3 aromatic heterocycles. The molecule has 5 aromatic rings. The molecule has 0 saturated carbocycles. The summed E-state index contributed by atoms with van der Waals surface area (Å²) >= 11 is 0. The third kappa shape index (κ3) is 4.57. The van der Waals surface area contributed by atoms with Crippen LogP contribution in [0.15, 0.2) is 62.7 Å². The largest absolute Gasteiger partial charge is 0.455 e. The van der Waals surface area contributed by atoms with Crippen molar-refractivity contribution in [2.75, 3.05) is 10.7 Å². The van der Waals surface area contributed by atoms with Crippen LogP contribution in [0.3, 0.4) is 0 Å². The Kier molecular flexibility index (Phi) is 5.78. The van der Waals surface area contributed by atoms with Crippen LogP contribution in [-0.4, -0.2) is 31.4 Å². The molecule has 0 aliphatic heterocycles. The summed E-state index contributed by atoms with van der Waals surface area (Å²) in [4.78, 5) is 19.5. The number of nitrogens with one attached hydrogen (secondary N) is 2. The topological polar surface area (TPSA) is 157 Å². The first kappa shape index (κ1) is 22.6. The molecule has 0 radical (unpaired) electrons. The normalized spacial score (nSPS) is 11.3. The van der Waals surface area contributed by atoms with Crippen molar-refractivity contribution in [2.45, 2.75) is 13.8 Å². The maximum Gasteiger partial charge on any atom is 0.273 e. The summed E-state index contributed by atoms with van der Waals surface area (Å²) in [6.07, 6.45) is 1.41. The number of rotatable bonds is 7. The Morgan fingerprint density at radius 3 is 2.44 bits per heavy atom. The predicted molar refractivity (Wildman–Crippen MR) is 129 cm³/mol. The number of benzene rings is 2. The number of hydrogen-bond donors (Lipinski definition) is 2. The van der Waals surface area contributed by atoms with Crippen molar-refractivity contribution in [1.82, 2.24) is 20.3 Å². The molecule has 36 heavy (non-hydrogen) atoms. The highest BCUT2D eigenvalue weighted by atomic mass is 19.1. The van der Waals surface area contributed by atoms with E-state index in [4.69, 9.17) is 4.42 Å². The lowest BCUT2D eigenvalue weighted by Crippen LogP contribution is -2.03. The maximum absolute atomic E-state index is 13.2. The van der Waals surface area contributed by atoms with Crippen LogP contribution in [0, 0.1) is 29.8 Å². The zero-order valence-corrected chi connectivity index (χ0v) is 18.9. The molecule has 0 spiro atoms. The molecule has 13 heteroatoms. The summed E-state index contributed by atoms with van der Waals surface area (Å²) in [5, 5.41) is 25.8. The molecule has 12 nitrogen and oxygen atoms in total. The van der Waals surface area contributed by atoms with Gasteiger partial charge in [0.25, 0.3) is 5.69 Å². The first-order chi connectivity index (χ1) is 17.4. The molecular weight excluding hydrogens is 471 g/mol. The second kappa shape index (κ2) is 9.21. The molecule has 180 valence electrons. The van der Waals surface area contributed by atoms with E-state index in [1.54, 1.807) is 25.1 Å². The molecular formula is C23H17FN8O4. The number of furan rings is 1. The summed E-state index contributed by atoms with van der Waals surface area (Å²) in [5.74, 6) is 0.940. The van der Waals surface area contributed by atoms with Gasteiger partial charge in [-0.05, 0) is 72.2 Å². The van der Waals surface area contributed by atoms with Crippen molar-refractivity contribution >= 4 is 40.5 Å². The fourth-order valence-electron chi connectivity index (χ4n) is 3.50. The molecule has 0 amide bonds. The standard InChI is InChI=1S/C23H17FN8O4/c1-12-9-13(2)18(32(33)34)10-17(12)19-8-7-16(35-19)11-25-29-21-20(26-15-5-3-14(24)4-6-15)27-22-23(28-21)31-36-30-22/h3-11H,1-2H3,(H,26,27,30)(H,28,29,31)/b25-11+. The van der Waals surface area contributed by atoms with Gasteiger partial charge in [0.2, 0.25) is 11.3 Å². The van der Waals surface area contributed by atoms with E-state index in [2.05, 4.69) is 40.8 Å². The van der Waals surface area contributed by atoms with E-state index in [1.807, 2.05) is 6.92 Å². The van der Waals surface area contributed by atoms with Crippen LogP contribution in [0.2, 0.25) is 0 Å². The van der Waals surface area contributed by atoms with Gasteiger partial charge in [0, 0.05) is 22.9 Å². The highest BCUT2D eigenvalue weighted by Crippen LogP contribution is 2.31. The molecule has 0 unspecified atom stereocenters. The SMILES string of the molecule is Cc1cc(C)c([N+](=O)[O-])cc1-c1ccc(/C=N/Nc2nc3nonc3nc2Nc2ccc(F)cc2)o1. The highest BCUT2D eigenvalue weighted by Gasteiger charge is 2.17. The maximum atomic E-state index is 13.2. The molecule has 2 N–H and O–H groups in total. The lowest BCUT2D eigenvalue weighted by molar-refractivity contribution is -0.385. The van der Waals surface area contributed by atoms with Gasteiger partial charge < -0.3 is 9.73 Å². The summed E-state index contributed by atoms with van der Waals surface area (Å²) < 4.78 is 23.7. The molecule has 0 aliphatic carbocycles. The third-order valence-corrected chi connectivity index (χ3v) is 5.22. The van der Waals surface area contributed by atoms with Gasteiger partial charge in [-0.25, -0.2) is 14.0 Å². The summed E-state index contributed by atoms with van der Waals surface area (Å²) in [6.45, 7) is 3.54. The van der Waals surface area contributed by atoms with Crippen LogP contribution in [0.5, 0.6) is 0 Å². The average molecular weight is 488 g/mol. The fraction of sp³-hybridized carbons (Fsp3) is 0.0870. The second-order valence-corrected chi connectivity index (χ2v) is 7.75. The highest BCUT2D eigenvalue weighted by molar-refractivity contribution is 5.80. The first-order valence-electron chi connectivity index (χ1n) is 10.6. The van der Waals surface area contributed by atoms with Crippen molar-refractivity contribution in [3.05, 3.63) is 81.3 Å². The van der Waals surface area contributed by atoms with Crippen molar-refractivity contribution in [2.24, 2.45) is 5.10 Å². The van der Waals surface area contributed by atoms with Gasteiger partial charge in [-0.1, -0.05) is 0 Å². The Balaban J connectivity index is 1.39. The number of halogens is 1. The van der Waals surface area contributed by atoms with E-state index in [0.29, 0.717) is 28.3 Å². The van der Waals surface area contributed by atoms with Crippen molar-refractivity contribution in [3.63, 3.8) is 0 Å². The van der Waals surface area contributed by atoms with E-state index in [9.17, 15) is 14.5 Å². The number of fused-ring (bicyclic) bond motifs is 1. The summed E-state index contributed by atoms with van der Waals surface area (Å²) in [6, 6.07) is 12.3. The van der Waals surface area contributed by atoms with E-state index >= 15 is 0 Å². The first-order valence-corrected chi connectivity index (χ1v) is 10.6. The minimum absolute atomic E-state index is 0.0152. The van der Waals surface area contributed by atoms with Crippen LogP contribution >= 0.6 is 0 Å². The van der Waals surface area contributed by atoms with Gasteiger partial charge >= 0.3 is 0 Å². The molecule has 0 bridgehead atoms. The lowest BCUT2D eigenvalue weighted by atomic mass is 10.0. The zero-order chi connectivity index (χ0) is 25.2. The Morgan fingerprint density at radius 1 is 1.00 bits per heavy atom. The molecule has 2 aromatic carbocycles. The Labute approximate surface area is 202 Å². The monoisotopic (exact) mass is 488 g/mol. The summed E-state index contributed by atoms with van der Waals surface area (Å²) in [5.41, 5.74) is 5.71. The number of nitrogens with zero attached hydrogens (tertiary/aromatic N) is 6. The van der Waals surface area contributed by atoms with E-state index in [-0.39, 0.29) is 34.4 Å². The fourth-order valence-corrected chi connectivity index (χ4v) is 3.50. The van der Waals surface area contributed by atoms with Crippen LogP contribution in [0.4, 0.5) is 27.4 Å². The van der Waals surface area contributed by atoms with Gasteiger partial charge in [0.1, 0.15) is 17.3 Å². The number of anilines is 3. The predicted octanol–water partition coefficient (Wildman–Crippen LogP) is 5.13. The molecule has 3 heterocycles. The number of nitro groups is 1. The van der Waals surface area contributed by atoms with Gasteiger partial charge in [-0.15, -0.1) is 0 Å². The summed E-state index contributed by atoms with van der Waals surface area (Å²) in [7, 11) is 0. The number of hydrogen-bond acceptors (Lipinski definition) is 11. The van der Waals surface area contributed by atoms with E-state index < -0.39 is 4.92 Å². The third-order valence-electron chi connectivity index (χ3n) is 5.22. The molecule has 0 aliphatic rings. The Hall–Kier alpha value is -5.20. The van der Waals surface area contributed by atoms with E-state index in [1.165, 1.54) is 36.5 Å². The van der Waals surface area contributed by atoms with Gasteiger partial charge in [0.15, 0.2) is 11.6 Å². The van der Waals surface area contributed by atoms with Crippen LogP contribution < -0.4 is 10.7 Å². The number of hydrazone groups is 1. The molecule has 0 fully saturated rings. The second-order valence-electron chi connectivity index (χ2n) is 7.75. The lowest BCUT2D eigenvalue weighted by Gasteiger charge is -2.09. The Morgan fingerprint density at radius 2 is 1.72 bits per heavy atom. The average Bonchev–Trinajstić information content (AvgIpc) is 3.50. The van der Waals surface area contributed by atoms with Gasteiger partial charge in [-0.3, -0.25) is 15.5 Å². The van der Waals surface area contributed by atoms with Gasteiger partial charge in [-0.2, -0.15) is 10.1 Å². The van der Waals surface area contributed by atoms with Crippen molar-refractivity contribution < 1.29 is 18.4 Å². The number of nitro benzene ring substituents is 1. The van der Waals surface area contributed by atoms with Crippen LogP contribution in [-0.2, 0) is 0 Å². The van der Waals surface area contributed by atoms with E-state index in [0.717, 1.165) is 5.56 Å². The smallest absolute Gasteiger partial charge is 0.273 e. The number of aryl methyl sites for hydroxylation is 2. The zero-order valence-electron chi connectivity index (χ0n) is 18.9. The molecule has 5 rings (SSSR count). The number of aromatic nitrogens is 4. The van der Waals surface area contributed by atoms with Crippen LogP contribution in [0.25, 0.3) is 22.6 Å². The van der Waals surface area contributed by atoms with Crippen LogP contribution in [0.1, 0.15) is 16.9 Å². The quantitative estimate of drug-likeness (QED) is 0.179. The van der Waals surface area contributed by atoms with Gasteiger partial charge in [0.05, 0.1) is 11.1 Å². The minimum Gasteiger partial charge on any atom is -0.455 e. The Bertz CT molecular complexity index is 1610. The van der Waals surface area contributed by atoms with Crippen molar-refractivity contribution in [1.29, 1.82) is 0 Å². The minimum atomic E-state index is -0.423. The molecule has 0 atom stereocenters. The molecule has 0 saturated heterocycles. The van der Waals surface area contributed by atoms with Crippen molar-refractivity contribution in [3.8, 4) is 11.3 Å².